The van der Waals surface area contributed by atoms with E-state index in [0.717, 1.165) is 0 Å². The van der Waals surface area contributed by atoms with Crippen LogP contribution in [0.3, 0.4) is 0 Å². The summed E-state index contributed by atoms with van der Waals surface area (Å²) in [7, 11) is 0. The summed E-state index contributed by atoms with van der Waals surface area (Å²) in [5.74, 6) is -0.740. The molecule has 1 aromatic carbocycles. The second-order valence-corrected chi connectivity index (χ2v) is 3.93. The van der Waals surface area contributed by atoms with Gasteiger partial charge in [-0.3, -0.25) is 4.79 Å². The topological polar surface area (TPSA) is 87.9 Å². The maximum absolute atomic E-state index is 13.3. The van der Waals surface area contributed by atoms with Crippen LogP contribution in [0.15, 0.2) is 30.5 Å². The van der Waals surface area contributed by atoms with E-state index in [9.17, 15) is 9.18 Å². The van der Waals surface area contributed by atoms with Crippen molar-refractivity contribution in [2.75, 3.05) is 18.0 Å². The third-order valence-corrected chi connectivity index (χ3v) is 2.59. The molecule has 1 aromatic heterocycles. The number of nitrogens with two attached hydrogens (primary N) is 1. The second-order valence-electron chi connectivity index (χ2n) is 3.93. The standard InChI is InChI=1S/C12H14FN5O/c13-9-3-1-4-10(7-9)18(6-2-5-14)12(19)11-8-15-17-16-11/h1,3-4,7-8H,2,5-6,14H2,(H,15,16,17). The molecule has 3 N–H and O–H groups in total. The number of nitrogens with zero attached hydrogens (tertiary/aromatic N) is 3. The molecule has 6 nitrogen and oxygen atoms in total. The lowest BCUT2D eigenvalue weighted by molar-refractivity contribution is 0.0982. The van der Waals surface area contributed by atoms with Gasteiger partial charge in [-0.2, -0.15) is 15.4 Å². The van der Waals surface area contributed by atoms with Gasteiger partial charge in [-0.1, -0.05) is 6.07 Å². The predicted molar refractivity (Wildman–Crippen MR) is 68.1 cm³/mol. The van der Waals surface area contributed by atoms with E-state index in [1.165, 1.54) is 23.2 Å². The van der Waals surface area contributed by atoms with Crippen LogP contribution in [0.5, 0.6) is 0 Å². The Bertz CT molecular complexity index is 543. The van der Waals surface area contributed by atoms with E-state index in [1.807, 2.05) is 0 Å². The Morgan fingerprint density at radius 2 is 2.32 bits per heavy atom. The van der Waals surface area contributed by atoms with Crippen LogP contribution in [-0.4, -0.2) is 34.4 Å². The molecule has 2 aromatic rings. The van der Waals surface area contributed by atoms with Gasteiger partial charge in [0.25, 0.3) is 5.91 Å². The van der Waals surface area contributed by atoms with E-state index in [-0.39, 0.29) is 11.6 Å². The summed E-state index contributed by atoms with van der Waals surface area (Å²) < 4.78 is 13.3. The van der Waals surface area contributed by atoms with Crippen LogP contribution in [0.1, 0.15) is 16.9 Å². The Labute approximate surface area is 109 Å². The van der Waals surface area contributed by atoms with Gasteiger partial charge in [0.1, 0.15) is 5.82 Å². The number of aromatic amines is 1. The average Bonchev–Trinajstić information content (AvgIpc) is 2.93. The van der Waals surface area contributed by atoms with Crippen LogP contribution in [0.25, 0.3) is 0 Å². The minimum atomic E-state index is -0.400. The molecule has 0 spiro atoms. The van der Waals surface area contributed by atoms with Gasteiger partial charge in [0.15, 0.2) is 5.69 Å². The number of rotatable bonds is 5. The molecular weight excluding hydrogens is 249 g/mol. The first-order chi connectivity index (χ1) is 9.22. The van der Waals surface area contributed by atoms with Crippen LogP contribution >= 0.6 is 0 Å². The summed E-state index contributed by atoms with van der Waals surface area (Å²) in [6.45, 7) is 0.837. The van der Waals surface area contributed by atoms with Gasteiger partial charge in [0.2, 0.25) is 0 Å². The summed E-state index contributed by atoms with van der Waals surface area (Å²) in [4.78, 5) is 13.7. The normalized spacial score (nSPS) is 10.4. The van der Waals surface area contributed by atoms with E-state index in [0.29, 0.717) is 25.2 Å². The Morgan fingerprint density at radius 1 is 1.47 bits per heavy atom. The van der Waals surface area contributed by atoms with E-state index in [2.05, 4.69) is 15.4 Å². The van der Waals surface area contributed by atoms with Crippen molar-refractivity contribution in [3.8, 4) is 0 Å². The highest BCUT2D eigenvalue weighted by molar-refractivity contribution is 6.04. The largest absolute Gasteiger partial charge is 0.330 e. The Kier molecular flexibility index (Phi) is 4.19. The third kappa shape index (κ3) is 3.14. The highest BCUT2D eigenvalue weighted by atomic mass is 19.1. The fourth-order valence-electron chi connectivity index (χ4n) is 1.68. The van der Waals surface area contributed by atoms with E-state index in [1.54, 1.807) is 12.1 Å². The van der Waals surface area contributed by atoms with E-state index < -0.39 is 5.82 Å². The molecule has 0 aliphatic rings. The highest BCUT2D eigenvalue weighted by Crippen LogP contribution is 2.17. The van der Waals surface area contributed by atoms with E-state index in [4.69, 9.17) is 5.73 Å². The molecule has 0 fully saturated rings. The Hall–Kier alpha value is -2.28. The first kappa shape index (κ1) is 13.2. The number of anilines is 1. The van der Waals surface area contributed by atoms with Gasteiger partial charge >= 0.3 is 0 Å². The molecule has 0 radical (unpaired) electrons. The molecule has 0 aliphatic heterocycles. The average molecular weight is 263 g/mol. The lowest BCUT2D eigenvalue weighted by Crippen LogP contribution is -2.33. The number of benzene rings is 1. The zero-order valence-electron chi connectivity index (χ0n) is 10.2. The number of carbonyl (C=O) groups excluding carboxylic acids is 1. The van der Waals surface area contributed by atoms with Crippen molar-refractivity contribution in [1.82, 2.24) is 15.4 Å². The molecular formula is C12H14FN5O. The van der Waals surface area contributed by atoms with Gasteiger partial charge in [-0.05, 0) is 31.2 Å². The number of carbonyl (C=O) groups is 1. The number of hydrogen-bond donors (Lipinski definition) is 2. The number of aromatic nitrogens is 3. The predicted octanol–water partition coefficient (Wildman–Crippen LogP) is 0.939. The molecule has 1 heterocycles. The Morgan fingerprint density at radius 3 is 2.95 bits per heavy atom. The SMILES string of the molecule is NCCCN(C(=O)c1cn[nH]n1)c1cccc(F)c1. The molecule has 7 heteroatoms. The fraction of sp³-hybridized carbons (Fsp3) is 0.250. The minimum absolute atomic E-state index is 0.182. The fourth-order valence-corrected chi connectivity index (χ4v) is 1.68. The zero-order chi connectivity index (χ0) is 13.7. The lowest BCUT2D eigenvalue weighted by atomic mass is 10.2. The van der Waals surface area contributed by atoms with Crippen molar-refractivity contribution in [2.45, 2.75) is 6.42 Å². The van der Waals surface area contributed by atoms with Crippen LogP contribution in [0, 0.1) is 5.82 Å². The number of amides is 1. The van der Waals surface area contributed by atoms with Crippen molar-refractivity contribution in [1.29, 1.82) is 0 Å². The van der Waals surface area contributed by atoms with E-state index >= 15 is 0 Å². The lowest BCUT2D eigenvalue weighted by Gasteiger charge is -2.21. The van der Waals surface area contributed by atoms with Gasteiger partial charge < -0.3 is 10.6 Å². The zero-order valence-corrected chi connectivity index (χ0v) is 10.2. The van der Waals surface area contributed by atoms with Crippen LogP contribution in [0.2, 0.25) is 0 Å². The van der Waals surface area contributed by atoms with Crippen molar-refractivity contribution in [3.05, 3.63) is 42.0 Å². The van der Waals surface area contributed by atoms with Crippen LogP contribution < -0.4 is 10.6 Å². The smallest absolute Gasteiger partial charge is 0.280 e. The molecule has 0 aliphatic carbocycles. The molecule has 0 unspecified atom stereocenters. The highest BCUT2D eigenvalue weighted by Gasteiger charge is 2.19. The van der Waals surface area contributed by atoms with Crippen molar-refractivity contribution in [3.63, 3.8) is 0 Å². The molecule has 0 saturated carbocycles. The van der Waals surface area contributed by atoms with Gasteiger partial charge in [0.05, 0.1) is 6.20 Å². The number of H-pyrrole nitrogens is 1. The summed E-state index contributed by atoms with van der Waals surface area (Å²) in [5.41, 5.74) is 6.11. The van der Waals surface area contributed by atoms with Crippen LogP contribution in [0.4, 0.5) is 10.1 Å². The van der Waals surface area contributed by atoms with Crippen molar-refractivity contribution < 1.29 is 9.18 Å². The Balaban J connectivity index is 2.28. The van der Waals surface area contributed by atoms with Crippen molar-refractivity contribution in [2.24, 2.45) is 5.73 Å². The number of nitrogens with one attached hydrogen (secondary N) is 1. The first-order valence-corrected chi connectivity index (χ1v) is 5.85. The quantitative estimate of drug-likeness (QED) is 0.840. The van der Waals surface area contributed by atoms with Gasteiger partial charge in [0, 0.05) is 12.2 Å². The first-order valence-electron chi connectivity index (χ1n) is 5.85. The molecule has 100 valence electrons. The van der Waals surface area contributed by atoms with Gasteiger partial charge in [-0.15, -0.1) is 0 Å². The summed E-state index contributed by atoms with van der Waals surface area (Å²) in [5, 5.41) is 9.71. The summed E-state index contributed by atoms with van der Waals surface area (Å²) in [6, 6.07) is 5.84. The van der Waals surface area contributed by atoms with Crippen LogP contribution in [-0.2, 0) is 0 Å². The maximum Gasteiger partial charge on any atom is 0.280 e. The second kappa shape index (κ2) is 6.05. The van der Waals surface area contributed by atoms with Crippen molar-refractivity contribution >= 4 is 11.6 Å². The number of halogens is 1. The summed E-state index contributed by atoms with van der Waals surface area (Å²) >= 11 is 0. The molecule has 0 bridgehead atoms. The third-order valence-electron chi connectivity index (χ3n) is 2.59. The molecule has 2 rings (SSSR count). The summed E-state index contributed by atoms with van der Waals surface area (Å²) in [6.07, 6.45) is 1.94. The molecule has 1 amide bonds. The maximum atomic E-state index is 13.3. The van der Waals surface area contributed by atoms with Gasteiger partial charge in [-0.25, -0.2) is 4.39 Å². The molecule has 0 atom stereocenters. The monoisotopic (exact) mass is 263 g/mol. The number of hydrogen-bond acceptors (Lipinski definition) is 4. The molecule has 0 saturated heterocycles. The minimum Gasteiger partial charge on any atom is -0.330 e. The molecule has 19 heavy (non-hydrogen) atoms.